The third kappa shape index (κ3) is 10.5. The van der Waals surface area contributed by atoms with Crippen LogP contribution < -0.4 is 19.5 Å². The van der Waals surface area contributed by atoms with Crippen LogP contribution in [0.2, 0.25) is 0 Å². The summed E-state index contributed by atoms with van der Waals surface area (Å²) in [6.45, 7) is 1.25. The maximum Gasteiger partial charge on any atom is 0.297 e. The minimum atomic E-state index is -4.39. The number of nitrogens with one attached hydrogen (secondary N) is 1. The molecule has 51 heavy (non-hydrogen) atoms. The Morgan fingerprint density at radius 3 is 2.04 bits per heavy atom. The lowest BCUT2D eigenvalue weighted by Crippen LogP contribution is -2.34. The van der Waals surface area contributed by atoms with Gasteiger partial charge < -0.3 is 29.0 Å². The van der Waals surface area contributed by atoms with Crippen LogP contribution in [0.1, 0.15) is 30.4 Å². The molecule has 17 heteroatoms. The van der Waals surface area contributed by atoms with Crippen molar-refractivity contribution in [1.29, 1.82) is 0 Å². The van der Waals surface area contributed by atoms with Gasteiger partial charge in [-0.1, -0.05) is 24.3 Å². The Hall–Kier alpha value is -4.00. The van der Waals surface area contributed by atoms with Crippen LogP contribution in [0, 0.1) is 22.0 Å². The van der Waals surface area contributed by atoms with E-state index in [0.29, 0.717) is 55.1 Å². The molecule has 5 rings (SSSR count). The number of hydrogen-bond acceptors (Lipinski definition) is 12. The number of nitro benzene ring substituents is 1. The fourth-order valence-corrected chi connectivity index (χ4v) is 8.13. The van der Waals surface area contributed by atoms with E-state index in [9.17, 15) is 26.9 Å². The third-order valence-corrected chi connectivity index (χ3v) is 11.4. The van der Waals surface area contributed by atoms with Gasteiger partial charge in [0.25, 0.3) is 15.8 Å². The summed E-state index contributed by atoms with van der Waals surface area (Å²) in [5.74, 6) is 0.930. The monoisotopic (exact) mass is 749 g/mol. The first kappa shape index (κ1) is 38.2. The summed E-state index contributed by atoms with van der Waals surface area (Å²) in [5, 5.41) is 15.6. The van der Waals surface area contributed by atoms with Crippen molar-refractivity contribution in [3.05, 3.63) is 81.9 Å². The normalized spacial score (nSPS) is 19.3. The molecule has 0 radical (unpaired) electrons. The SMILES string of the molecule is COc1ccc(CN(Cc2ccc(OC)cc2)S(=O)(=O)c2cc(OCC3CC(CCS(=O)(=O)O)C3)c(NC[C@H]3COCCO3)c([N+](=O)[O-])c2)cc1. The number of hydrogen-bond donors (Lipinski definition) is 2. The highest BCUT2D eigenvalue weighted by Crippen LogP contribution is 2.41. The highest BCUT2D eigenvalue weighted by molar-refractivity contribution is 7.89. The quantitative estimate of drug-likeness (QED) is 0.105. The zero-order valence-corrected chi connectivity index (χ0v) is 30.1. The lowest BCUT2D eigenvalue weighted by atomic mass is 9.74. The number of methoxy groups -OCH3 is 2. The lowest BCUT2D eigenvalue weighted by molar-refractivity contribution is -0.384. The zero-order valence-electron chi connectivity index (χ0n) is 28.4. The summed E-state index contributed by atoms with van der Waals surface area (Å²) in [6, 6.07) is 16.2. The average molecular weight is 750 g/mol. The predicted molar refractivity (Wildman–Crippen MR) is 187 cm³/mol. The van der Waals surface area contributed by atoms with Gasteiger partial charge in [0.1, 0.15) is 11.5 Å². The molecule has 1 saturated heterocycles. The van der Waals surface area contributed by atoms with Crippen molar-refractivity contribution in [2.75, 3.05) is 58.3 Å². The van der Waals surface area contributed by atoms with Crippen molar-refractivity contribution < 1.29 is 50.0 Å². The molecule has 0 aromatic heterocycles. The molecule has 15 nitrogen and oxygen atoms in total. The topological polar surface area (TPSA) is 193 Å². The number of rotatable bonds is 18. The van der Waals surface area contributed by atoms with Gasteiger partial charge in [-0.05, 0) is 66.5 Å². The fraction of sp³-hybridized carbons (Fsp3) is 0.471. The molecular formula is C34H43N3O12S2. The Morgan fingerprint density at radius 1 is 0.922 bits per heavy atom. The molecule has 1 saturated carbocycles. The molecule has 1 aliphatic carbocycles. The van der Waals surface area contributed by atoms with Gasteiger partial charge in [-0.3, -0.25) is 14.7 Å². The van der Waals surface area contributed by atoms with Crippen LogP contribution in [0.3, 0.4) is 0 Å². The van der Waals surface area contributed by atoms with Gasteiger partial charge in [0.05, 0.1) is 62.3 Å². The molecule has 2 N–H and O–H groups in total. The van der Waals surface area contributed by atoms with E-state index in [1.54, 1.807) is 48.5 Å². The molecule has 0 bridgehead atoms. The van der Waals surface area contributed by atoms with E-state index in [4.69, 9.17) is 28.2 Å². The summed E-state index contributed by atoms with van der Waals surface area (Å²) >= 11 is 0. The van der Waals surface area contributed by atoms with Gasteiger partial charge in [-0.2, -0.15) is 12.7 Å². The Balaban J connectivity index is 1.47. The lowest BCUT2D eigenvalue weighted by Gasteiger charge is -2.35. The van der Waals surface area contributed by atoms with E-state index in [-0.39, 0.29) is 66.8 Å². The molecular weight excluding hydrogens is 707 g/mol. The Bertz CT molecular complexity index is 1790. The minimum absolute atomic E-state index is 0.000265. The van der Waals surface area contributed by atoms with Crippen LogP contribution in [-0.4, -0.2) is 89.7 Å². The van der Waals surface area contributed by atoms with E-state index in [2.05, 4.69) is 5.32 Å². The second kappa shape index (κ2) is 17.0. The number of benzene rings is 3. The number of nitrogens with zero attached hydrogens (tertiary/aromatic N) is 2. The van der Waals surface area contributed by atoms with E-state index in [1.165, 1.54) is 24.6 Å². The molecule has 2 aliphatic rings. The number of nitro groups is 1. The number of sulfonamides is 1. The van der Waals surface area contributed by atoms with Gasteiger partial charge in [0.2, 0.25) is 10.0 Å². The highest BCUT2D eigenvalue weighted by Gasteiger charge is 2.34. The van der Waals surface area contributed by atoms with E-state index >= 15 is 0 Å². The Morgan fingerprint density at radius 2 is 1.53 bits per heavy atom. The molecule has 2 fully saturated rings. The first-order chi connectivity index (χ1) is 24.3. The van der Waals surface area contributed by atoms with Gasteiger partial charge in [0, 0.05) is 31.8 Å². The summed E-state index contributed by atoms with van der Waals surface area (Å²) in [6.07, 6.45) is 1.17. The first-order valence-corrected chi connectivity index (χ1v) is 19.5. The first-order valence-electron chi connectivity index (χ1n) is 16.4. The molecule has 0 spiro atoms. The predicted octanol–water partition coefficient (Wildman–Crippen LogP) is 4.51. The summed E-state index contributed by atoms with van der Waals surface area (Å²) < 4.78 is 89.5. The van der Waals surface area contributed by atoms with Gasteiger partial charge in [-0.25, -0.2) is 8.42 Å². The van der Waals surface area contributed by atoms with E-state index in [0.717, 1.165) is 6.07 Å². The molecule has 1 atom stereocenters. The van der Waals surface area contributed by atoms with Crippen LogP contribution in [-0.2, 0) is 42.7 Å². The minimum Gasteiger partial charge on any atom is -0.497 e. The summed E-state index contributed by atoms with van der Waals surface area (Å²) in [7, 11) is -5.39. The van der Waals surface area contributed by atoms with Crippen molar-refractivity contribution >= 4 is 31.5 Å². The molecule has 0 unspecified atom stereocenters. The van der Waals surface area contributed by atoms with Crippen molar-refractivity contribution in [2.24, 2.45) is 11.8 Å². The van der Waals surface area contributed by atoms with Gasteiger partial charge >= 0.3 is 0 Å². The molecule has 3 aromatic rings. The van der Waals surface area contributed by atoms with Crippen molar-refractivity contribution in [3.8, 4) is 17.2 Å². The second-order valence-corrected chi connectivity index (χ2v) is 16.1. The second-order valence-electron chi connectivity index (χ2n) is 12.6. The molecule has 1 heterocycles. The van der Waals surface area contributed by atoms with E-state index in [1.807, 2.05) is 0 Å². The van der Waals surface area contributed by atoms with Crippen LogP contribution in [0.15, 0.2) is 65.6 Å². The van der Waals surface area contributed by atoms with Crippen LogP contribution in [0.25, 0.3) is 0 Å². The molecule has 3 aromatic carbocycles. The largest absolute Gasteiger partial charge is 0.497 e. The van der Waals surface area contributed by atoms with Crippen LogP contribution in [0.4, 0.5) is 11.4 Å². The maximum absolute atomic E-state index is 14.5. The van der Waals surface area contributed by atoms with Crippen molar-refractivity contribution in [1.82, 2.24) is 4.31 Å². The smallest absolute Gasteiger partial charge is 0.297 e. The summed E-state index contributed by atoms with van der Waals surface area (Å²) in [4.78, 5) is 11.6. The third-order valence-electron chi connectivity index (χ3n) is 8.91. The fourth-order valence-electron chi connectivity index (χ4n) is 6.04. The molecule has 1 aliphatic heterocycles. The van der Waals surface area contributed by atoms with Crippen LogP contribution >= 0.6 is 0 Å². The Labute approximate surface area is 297 Å². The number of ether oxygens (including phenoxy) is 5. The van der Waals surface area contributed by atoms with Gasteiger partial charge in [0.15, 0.2) is 11.4 Å². The Kier molecular flexibility index (Phi) is 12.8. The highest BCUT2D eigenvalue weighted by atomic mass is 32.2. The maximum atomic E-state index is 14.5. The van der Waals surface area contributed by atoms with Gasteiger partial charge in [-0.15, -0.1) is 0 Å². The standard InChI is InChI=1S/C34H43N3O12S2/c1-45-28-7-3-24(4-8-28)20-36(21-25-5-9-29(46-2)10-6-25)51(43,44)31-17-32(37(38)39)34(35-19-30-23-47-12-13-48-30)33(18-31)49-22-27-15-26(16-27)11-14-50(40,41)42/h3-10,17-18,26-27,30,35H,11-16,19-23H2,1-2H3,(H,40,41,42)/t26?,27?,30-/m0/s1. The van der Waals surface area contributed by atoms with Crippen LogP contribution in [0.5, 0.6) is 17.2 Å². The summed E-state index contributed by atoms with van der Waals surface area (Å²) in [5.41, 5.74) is 0.851. The number of anilines is 1. The average Bonchev–Trinajstić information content (AvgIpc) is 3.10. The van der Waals surface area contributed by atoms with E-state index < -0.39 is 36.9 Å². The molecule has 0 amide bonds. The zero-order chi connectivity index (χ0) is 36.6. The molecule has 278 valence electrons. The van der Waals surface area contributed by atoms with Crippen molar-refractivity contribution in [3.63, 3.8) is 0 Å². The van der Waals surface area contributed by atoms with Crippen molar-refractivity contribution in [2.45, 2.75) is 43.4 Å².